The molecule has 0 atom stereocenters. The molecule has 0 saturated carbocycles. The third-order valence-corrected chi connectivity index (χ3v) is 11.5. The van der Waals surface area contributed by atoms with Crippen LogP contribution >= 0.6 is 0 Å². The van der Waals surface area contributed by atoms with Gasteiger partial charge in [0.2, 0.25) is 0 Å². The van der Waals surface area contributed by atoms with Crippen molar-refractivity contribution >= 4 is 87.0 Å². The molecule has 0 aliphatic heterocycles. The number of rotatable bonds is 3. The fourth-order valence-corrected chi connectivity index (χ4v) is 9.17. The molecule has 0 spiro atoms. The Hall–Kier alpha value is -7.16. The van der Waals surface area contributed by atoms with Gasteiger partial charge in [0, 0.05) is 27.6 Å². The van der Waals surface area contributed by atoms with Gasteiger partial charge in [-0.25, -0.2) is 0 Å². The van der Waals surface area contributed by atoms with E-state index in [1.54, 1.807) is 0 Å². The molecule has 0 N–H and O–H groups in total. The van der Waals surface area contributed by atoms with Gasteiger partial charge >= 0.3 is 0 Å². The second kappa shape index (κ2) is 11.2. The van der Waals surface area contributed by atoms with E-state index in [0.29, 0.717) is 0 Å². The summed E-state index contributed by atoms with van der Waals surface area (Å²) in [5, 5.41) is 14.3. The number of fused-ring (bicyclic) bond motifs is 11. The van der Waals surface area contributed by atoms with E-state index < -0.39 is 0 Å². The fraction of sp³-hybridized carbons (Fsp3) is 0. The Labute approximate surface area is 310 Å². The van der Waals surface area contributed by atoms with E-state index in [1.807, 2.05) is 12.1 Å². The molecule has 2 heteroatoms. The molecule has 10 aromatic carbocycles. The predicted octanol–water partition coefficient (Wildman–Crippen LogP) is 15.1. The number of furan rings is 2. The van der Waals surface area contributed by atoms with Crippen LogP contribution < -0.4 is 0 Å². The van der Waals surface area contributed by atoms with Crippen LogP contribution in [0.25, 0.3) is 120 Å². The Balaban J connectivity index is 1.13. The topological polar surface area (TPSA) is 26.3 Å². The summed E-state index contributed by atoms with van der Waals surface area (Å²) in [5.41, 5.74) is 10.8. The maximum absolute atomic E-state index is 6.72. The molecule has 0 aliphatic rings. The molecule has 2 heterocycles. The van der Waals surface area contributed by atoms with Gasteiger partial charge in [0.05, 0.1) is 0 Å². The van der Waals surface area contributed by atoms with E-state index in [0.717, 1.165) is 49.4 Å². The Morgan fingerprint density at radius 3 is 1.41 bits per heavy atom. The highest BCUT2D eigenvalue weighted by Gasteiger charge is 2.21. The lowest BCUT2D eigenvalue weighted by atomic mass is 9.83. The van der Waals surface area contributed by atoms with Crippen molar-refractivity contribution in [3.05, 3.63) is 182 Å². The minimum atomic E-state index is 0.830. The lowest BCUT2D eigenvalue weighted by molar-refractivity contribution is 0.656. The molecule has 0 unspecified atom stereocenters. The number of para-hydroxylation sites is 1. The average molecular weight is 687 g/mol. The summed E-state index contributed by atoms with van der Waals surface area (Å²) in [6, 6.07) is 65.7. The van der Waals surface area contributed by atoms with E-state index in [2.05, 4.69) is 170 Å². The van der Waals surface area contributed by atoms with Gasteiger partial charge < -0.3 is 8.83 Å². The zero-order valence-corrected chi connectivity index (χ0v) is 29.1. The van der Waals surface area contributed by atoms with Crippen molar-refractivity contribution in [1.82, 2.24) is 0 Å². The van der Waals surface area contributed by atoms with Crippen LogP contribution in [0.5, 0.6) is 0 Å². The van der Waals surface area contributed by atoms with Crippen molar-refractivity contribution in [3.8, 4) is 33.4 Å². The largest absolute Gasteiger partial charge is 0.456 e. The smallest absolute Gasteiger partial charge is 0.139 e. The van der Waals surface area contributed by atoms with Gasteiger partial charge in [-0.3, -0.25) is 0 Å². The molecule has 2 nitrogen and oxygen atoms in total. The lowest BCUT2D eigenvalue weighted by Gasteiger charge is -2.20. The zero-order valence-electron chi connectivity index (χ0n) is 29.1. The molecule has 0 aliphatic carbocycles. The Morgan fingerprint density at radius 1 is 0.241 bits per heavy atom. The van der Waals surface area contributed by atoms with Crippen LogP contribution in [-0.4, -0.2) is 0 Å². The highest BCUT2D eigenvalue weighted by Crippen LogP contribution is 2.48. The summed E-state index contributed by atoms with van der Waals surface area (Å²) in [7, 11) is 0. The zero-order chi connectivity index (χ0) is 35.3. The van der Waals surface area contributed by atoms with Gasteiger partial charge in [-0.2, -0.15) is 0 Å². The lowest BCUT2D eigenvalue weighted by Crippen LogP contribution is -1.92. The molecule has 2 aromatic heterocycles. The van der Waals surface area contributed by atoms with Gasteiger partial charge in [0.1, 0.15) is 22.3 Å². The van der Waals surface area contributed by atoms with Crippen molar-refractivity contribution in [3.63, 3.8) is 0 Å². The highest BCUT2D eigenvalue weighted by atomic mass is 16.3. The maximum Gasteiger partial charge on any atom is 0.139 e. The molecule has 0 radical (unpaired) electrons. The van der Waals surface area contributed by atoms with Crippen LogP contribution in [0, 0.1) is 0 Å². The molecule has 0 bridgehead atoms. The van der Waals surface area contributed by atoms with Crippen LogP contribution in [0.15, 0.2) is 191 Å². The third kappa shape index (κ3) is 4.11. The van der Waals surface area contributed by atoms with Crippen molar-refractivity contribution in [2.45, 2.75) is 0 Å². The van der Waals surface area contributed by atoms with Gasteiger partial charge in [0.15, 0.2) is 0 Å². The Bertz CT molecular complexity index is 3430. The first-order valence-electron chi connectivity index (χ1n) is 18.5. The molecular weight excluding hydrogens is 657 g/mol. The van der Waals surface area contributed by atoms with Gasteiger partial charge in [0.25, 0.3) is 0 Å². The summed E-state index contributed by atoms with van der Waals surface area (Å²) in [4.78, 5) is 0. The second-order valence-electron chi connectivity index (χ2n) is 14.3. The number of hydrogen-bond donors (Lipinski definition) is 0. The molecule has 12 aromatic rings. The quantitative estimate of drug-likeness (QED) is 0.173. The molecule has 0 amide bonds. The summed E-state index contributed by atoms with van der Waals surface area (Å²) in [6.07, 6.45) is 0. The predicted molar refractivity (Wildman–Crippen MR) is 227 cm³/mol. The monoisotopic (exact) mass is 686 g/mol. The van der Waals surface area contributed by atoms with Crippen molar-refractivity contribution < 1.29 is 8.83 Å². The van der Waals surface area contributed by atoms with Crippen LogP contribution in [-0.2, 0) is 0 Å². The van der Waals surface area contributed by atoms with Crippen molar-refractivity contribution in [2.75, 3.05) is 0 Å². The molecule has 0 saturated heterocycles. The van der Waals surface area contributed by atoms with E-state index in [-0.39, 0.29) is 0 Å². The minimum Gasteiger partial charge on any atom is -0.456 e. The molecule has 12 rings (SSSR count). The third-order valence-electron chi connectivity index (χ3n) is 11.5. The highest BCUT2D eigenvalue weighted by molar-refractivity contribution is 6.27. The summed E-state index contributed by atoms with van der Waals surface area (Å²) >= 11 is 0. The van der Waals surface area contributed by atoms with Crippen molar-refractivity contribution in [1.29, 1.82) is 0 Å². The first kappa shape index (κ1) is 29.4. The minimum absolute atomic E-state index is 0.830. The van der Waals surface area contributed by atoms with E-state index in [4.69, 9.17) is 8.83 Å². The molecule has 250 valence electrons. The van der Waals surface area contributed by atoms with Crippen LogP contribution in [0.4, 0.5) is 0 Å². The normalized spacial score (nSPS) is 12.1. The SMILES string of the molecule is c1ccc(-c2c3ccccc3c(-c3ccc(-c4cc5oc6cc7oc8ccccc8c7cc6c5c5ccccc45)c4ccccc34)c3ccccc23)cc1. The van der Waals surface area contributed by atoms with Gasteiger partial charge in [-0.1, -0.05) is 158 Å². The maximum atomic E-state index is 6.72. The summed E-state index contributed by atoms with van der Waals surface area (Å²) in [5.74, 6) is 0. The van der Waals surface area contributed by atoms with Crippen LogP contribution in [0.1, 0.15) is 0 Å². The number of benzene rings is 10. The van der Waals surface area contributed by atoms with E-state index in [9.17, 15) is 0 Å². The van der Waals surface area contributed by atoms with Crippen LogP contribution in [0.2, 0.25) is 0 Å². The molecule has 54 heavy (non-hydrogen) atoms. The Kier molecular flexibility index (Phi) is 6.09. The molecule has 0 fully saturated rings. The summed E-state index contributed by atoms with van der Waals surface area (Å²) < 4.78 is 13.0. The molecular formula is C52H30O2. The Morgan fingerprint density at radius 2 is 0.722 bits per heavy atom. The van der Waals surface area contributed by atoms with E-state index >= 15 is 0 Å². The van der Waals surface area contributed by atoms with E-state index in [1.165, 1.54) is 70.9 Å². The number of hydrogen-bond acceptors (Lipinski definition) is 2. The fourth-order valence-electron chi connectivity index (χ4n) is 9.17. The summed E-state index contributed by atoms with van der Waals surface area (Å²) in [6.45, 7) is 0. The first-order chi connectivity index (χ1) is 26.8. The van der Waals surface area contributed by atoms with Crippen molar-refractivity contribution in [2.24, 2.45) is 0 Å². The first-order valence-corrected chi connectivity index (χ1v) is 18.5. The van der Waals surface area contributed by atoms with Crippen LogP contribution in [0.3, 0.4) is 0 Å². The van der Waals surface area contributed by atoms with Gasteiger partial charge in [-0.05, 0) is 94.7 Å². The second-order valence-corrected chi connectivity index (χ2v) is 14.3. The standard InChI is InChI=1S/C52H30O2/c1-2-14-31(15-3-1)50-38-21-8-10-23-40(38)51(41-24-11-9-22-39(41)50)42-27-26-35(32-16-4-5-17-33(32)42)43-29-49-52(37-20-7-6-18-34(37)43)45-28-44-36-19-12-13-25-46(36)53-47(44)30-48(45)54-49/h1-30H. The average Bonchev–Trinajstić information content (AvgIpc) is 3.78. The van der Waals surface area contributed by atoms with Gasteiger partial charge in [-0.15, -0.1) is 0 Å².